The number of fused-ring (bicyclic) bond motifs is 3. The maximum atomic E-state index is 6.81. The molecule has 0 spiro atoms. The lowest BCUT2D eigenvalue weighted by molar-refractivity contribution is -0.0612. The van der Waals surface area contributed by atoms with E-state index in [-0.39, 0.29) is 11.6 Å². The van der Waals surface area contributed by atoms with Crippen LogP contribution in [0.15, 0.2) is 84.9 Å². The zero-order valence-corrected chi connectivity index (χ0v) is 17.7. The van der Waals surface area contributed by atoms with E-state index in [1.807, 2.05) is 12.1 Å². The molecule has 2 aliphatic rings. The summed E-state index contributed by atoms with van der Waals surface area (Å²) in [6.45, 7) is 4.42. The third-order valence-corrected chi connectivity index (χ3v) is 6.36. The quantitative estimate of drug-likeness (QED) is 0.523. The number of hydroxylamine groups is 1. The average Bonchev–Trinajstić information content (AvgIpc) is 3.11. The van der Waals surface area contributed by atoms with Crippen molar-refractivity contribution < 1.29 is 9.57 Å². The SMILES string of the molecule is COc1ccc(N2OC(C)(C)[C@@H]3Cc4ccccc4C3=C[C@@H]2c2ccccc2)cc1. The maximum absolute atomic E-state index is 6.81. The summed E-state index contributed by atoms with van der Waals surface area (Å²) in [6, 6.07) is 27.5. The molecule has 3 nitrogen and oxygen atoms in total. The molecule has 1 aliphatic carbocycles. The van der Waals surface area contributed by atoms with Crippen molar-refractivity contribution >= 4 is 11.3 Å². The molecule has 0 fully saturated rings. The van der Waals surface area contributed by atoms with Crippen LogP contribution in [0.5, 0.6) is 5.75 Å². The van der Waals surface area contributed by atoms with Gasteiger partial charge in [-0.15, -0.1) is 0 Å². The summed E-state index contributed by atoms with van der Waals surface area (Å²) < 4.78 is 5.36. The monoisotopic (exact) mass is 397 g/mol. The molecule has 2 atom stereocenters. The normalized spacial score (nSPS) is 22.0. The second kappa shape index (κ2) is 7.33. The van der Waals surface area contributed by atoms with E-state index in [9.17, 15) is 0 Å². The van der Waals surface area contributed by atoms with E-state index in [1.165, 1.54) is 22.3 Å². The maximum Gasteiger partial charge on any atom is 0.119 e. The van der Waals surface area contributed by atoms with E-state index in [0.29, 0.717) is 5.92 Å². The molecule has 3 heteroatoms. The van der Waals surface area contributed by atoms with E-state index < -0.39 is 0 Å². The van der Waals surface area contributed by atoms with Crippen LogP contribution in [0.25, 0.3) is 5.57 Å². The largest absolute Gasteiger partial charge is 0.497 e. The Bertz CT molecular complexity index is 1070. The van der Waals surface area contributed by atoms with E-state index >= 15 is 0 Å². The van der Waals surface area contributed by atoms with Crippen LogP contribution < -0.4 is 9.80 Å². The first-order valence-corrected chi connectivity index (χ1v) is 10.5. The average molecular weight is 398 g/mol. The number of benzene rings is 3. The minimum Gasteiger partial charge on any atom is -0.497 e. The minimum absolute atomic E-state index is 0.0231. The second-order valence-corrected chi connectivity index (χ2v) is 8.61. The summed E-state index contributed by atoms with van der Waals surface area (Å²) in [7, 11) is 1.69. The lowest BCUT2D eigenvalue weighted by atomic mass is 9.84. The van der Waals surface area contributed by atoms with Crippen molar-refractivity contribution in [2.45, 2.75) is 31.9 Å². The van der Waals surface area contributed by atoms with Crippen molar-refractivity contribution in [2.75, 3.05) is 12.2 Å². The number of methoxy groups -OCH3 is 1. The van der Waals surface area contributed by atoms with Gasteiger partial charge in [-0.05, 0) is 66.8 Å². The van der Waals surface area contributed by atoms with Gasteiger partial charge in [-0.25, -0.2) is 5.06 Å². The van der Waals surface area contributed by atoms with Gasteiger partial charge in [0.15, 0.2) is 0 Å². The van der Waals surface area contributed by atoms with Crippen LogP contribution in [-0.2, 0) is 11.3 Å². The van der Waals surface area contributed by atoms with Crippen LogP contribution in [0.2, 0.25) is 0 Å². The predicted molar refractivity (Wildman–Crippen MR) is 121 cm³/mol. The topological polar surface area (TPSA) is 21.7 Å². The Morgan fingerprint density at radius 3 is 2.33 bits per heavy atom. The first kappa shape index (κ1) is 19.0. The molecule has 1 heterocycles. The van der Waals surface area contributed by atoms with Crippen molar-refractivity contribution in [3.8, 4) is 5.75 Å². The first-order valence-electron chi connectivity index (χ1n) is 10.5. The molecule has 152 valence electrons. The molecule has 0 saturated carbocycles. The molecule has 0 radical (unpaired) electrons. The van der Waals surface area contributed by atoms with Crippen molar-refractivity contribution in [3.05, 3.63) is 102 Å². The fourth-order valence-electron chi connectivity index (χ4n) is 4.76. The fourth-order valence-corrected chi connectivity index (χ4v) is 4.76. The van der Waals surface area contributed by atoms with Crippen molar-refractivity contribution in [1.82, 2.24) is 0 Å². The van der Waals surface area contributed by atoms with Crippen LogP contribution in [0.4, 0.5) is 5.69 Å². The molecular formula is C27H27NO2. The van der Waals surface area contributed by atoms with Gasteiger partial charge in [0.1, 0.15) is 11.8 Å². The highest BCUT2D eigenvalue weighted by Gasteiger charge is 2.44. The zero-order valence-electron chi connectivity index (χ0n) is 17.7. The third-order valence-electron chi connectivity index (χ3n) is 6.36. The van der Waals surface area contributed by atoms with Crippen LogP contribution >= 0.6 is 0 Å². The summed E-state index contributed by atoms with van der Waals surface area (Å²) in [5.41, 5.74) is 6.03. The van der Waals surface area contributed by atoms with Gasteiger partial charge in [-0.3, -0.25) is 4.84 Å². The molecule has 0 unspecified atom stereocenters. The molecular weight excluding hydrogens is 370 g/mol. The molecule has 30 heavy (non-hydrogen) atoms. The van der Waals surface area contributed by atoms with Crippen LogP contribution in [0, 0.1) is 5.92 Å². The number of hydrogen-bond acceptors (Lipinski definition) is 3. The van der Waals surface area contributed by atoms with Crippen LogP contribution in [0.1, 0.15) is 36.6 Å². The molecule has 3 aromatic rings. The number of anilines is 1. The van der Waals surface area contributed by atoms with Gasteiger partial charge >= 0.3 is 0 Å². The molecule has 0 N–H and O–H groups in total. The summed E-state index contributed by atoms with van der Waals surface area (Å²) in [6.07, 6.45) is 3.41. The molecule has 3 aromatic carbocycles. The number of hydrogen-bond donors (Lipinski definition) is 0. The molecule has 0 amide bonds. The summed E-state index contributed by atoms with van der Waals surface area (Å²) in [4.78, 5) is 6.81. The molecule has 5 rings (SSSR count). The summed E-state index contributed by atoms with van der Waals surface area (Å²) in [5.74, 6) is 1.15. The van der Waals surface area contributed by atoms with Gasteiger partial charge in [-0.1, -0.05) is 60.7 Å². The summed E-state index contributed by atoms with van der Waals surface area (Å²) in [5, 5.41) is 2.07. The van der Waals surface area contributed by atoms with E-state index in [1.54, 1.807) is 7.11 Å². The Morgan fingerprint density at radius 1 is 0.900 bits per heavy atom. The van der Waals surface area contributed by atoms with Crippen molar-refractivity contribution in [1.29, 1.82) is 0 Å². The molecule has 0 bridgehead atoms. The van der Waals surface area contributed by atoms with Gasteiger partial charge in [0, 0.05) is 5.92 Å². The Morgan fingerprint density at radius 2 is 1.60 bits per heavy atom. The van der Waals surface area contributed by atoms with Crippen LogP contribution in [0.3, 0.4) is 0 Å². The van der Waals surface area contributed by atoms with Gasteiger partial charge in [0.05, 0.1) is 18.4 Å². The summed E-state index contributed by atoms with van der Waals surface area (Å²) >= 11 is 0. The Hall–Kier alpha value is -3.04. The lowest BCUT2D eigenvalue weighted by Crippen LogP contribution is -2.41. The third kappa shape index (κ3) is 3.20. The Labute approximate surface area is 178 Å². The standard InChI is InChI=1S/C27H27NO2/c1-27(2)25-17-20-11-7-8-12-23(20)24(25)18-26(19-9-5-4-6-10-19)28(30-27)21-13-15-22(29-3)16-14-21/h4-16,18,25-26H,17H2,1-3H3/t25-,26-/m1/s1. The first-order chi connectivity index (χ1) is 14.6. The predicted octanol–water partition coefficient (Wildman–Crippen LogP) is 6.22. The van der Waals surface area contributed by atoms with Gasteiger partial charge < -0.3 is 4.74 Å². The minimum atomic E-state index is -0.353. The lowest BCUT2D eigenvalue weighted by Gasteiger charge is -2.38. The number of rotatable bonds is 3. The zero-order chi connectivity index (χ0) is 20.7. The molecule has 1 aliphatic heterocycles. The van der Waals surface area contributed by atoms with Gasteiger partial charge in [-0.2, -0.15) is 0 Å². The Kier molecular flexibility index (Phi) is 4.63. The highest BCUT2D eigenvalue weighted by atomic mass is 16.7. The highest BCUT2D eigenvalue weighted by Crippen LogP contribution is 2.49. The fraction of sp³-hybridized carbons (Fsp3) is 0.259. The number of ether oxygens (including phenoxy) is 1. The second-order valence-electron chi connectivity index (χ2n) is 8.61. The van der Waals surface area contributed by atoms with Gasteiger partial charge in [0.2, 0.25) is 0 Å². The van der Waals surface area contributed by atoms with Crippen molar-refractivity contribution in [3.63, 3.8) is 0 Å². The van der Waals surface area contributed by atoms with Crippen LogP contribution in [-0.4, -0.2) is 12.7 Å². The van der Waals surface area contributed by atoms with Gasteiger partial charge in [0.25, 0.3) is 0 Å². The smallest absolute Gasteiger partial charge is 0.119 e. The van der Waals surface area contributed by atoms with Crippen molar-refractivity contribution in [2.24, 2.45) is 5.92 Å². The Balaban J connectivity index is 1.68. The highest BCUT2D eigenvalue weighted by molar-refractivity contribution is 5.77. The molecule has 0 saturated heterocycles. The van der Waals surface area contributed by atoms with E-state index in [2.05, 4.69) is 91.7 Å². The van der Waals surface area contributed by atoms with E-state index in [0.717, 1.165) is 17.9 Å². The number of nitrogens with zero attached hydrogens (tertiary/aromatic N) is 1. The van der Waals surface area contributed by atoms with E-state index in [4.69, 9.17) is 9.57 Å². The molecule has 0 aromatic heterocycles.